The Morgan fingerprint density at radius 1 is 1.75 bits per heavy atom. The van der Waals surface area contributed by atoms with Crippen molar-refractivity contribution in [2.45, 2.75) is 0 Å². The Bertz CT molecular complexity index is 15.5. The first-order valence-corrected chi connectivity index (χ1v) is 0.943. The molecule has 16 valence electrons. The van der Waals surface area contributed by atoms with E-state index < -0.39 is 0 Å². The van der Waals surface area contributed by atoms with Crippen LogP contribution in [0.3, 0.4) is 0 Å². The van der Waals surface area contributed by atoms with Crippen LogP contribution in [0.15, 0.2) is 0 Å². The summed E-state index contributed by atoms with van der Waals surface area (Å²) in [5, 5.41) is 0. The summed E-state index contributed by atoms with van der Waals surface area (Å²) in [6, 6.07) is 0. The molecular formula is BNaOS. The van der Waals surface area contributed by atoms with E-state index in [1.807, 2.05) is 0 Å². The molecule has 4 heteroatoms. The molecular weight excluding hydrogens is 81.9 g/mol. The van der Waals surface area contributed by atoms with Crippen LogP contribution in [0.1, 0.15) is 0 Å². The number of hydrogen-bond donors (Lipinski definition) is 0. The maximum atomic E-state index is 8.62. The van der Waals surface area contributed by atoms with Crippen LogP contribution >= 0.6 is 0 Å². The Kier molecular flexibility index (Phi) is 19.9. The van der Waals surface area contributed by atoms with Gasteiger partial charge in [0.25, 0.3) is 0 Å². The van der Waals surface area contributed by atoms with E-state index in [0.29, 0.717) is 6.43 Å². The van der Waals surface area contributed by atoms with Gasteiger partial charge in [0.15, 0.2) is 0 Å². The predicted octanol–water partition coefficient (Wildman–Crippen LogP) is -3.50. The van der Waals surface area contributed by atoms with E-state index in [9.17, 15) is 0 Å². The molecule has 0 bridgehead atoms. The van der Waals surface area contributed by atoms with Gasteiger partial charge in [-0.1, -0.05) is 0 Å². The second kappa shape index (κ2) is 8.94. The largest absolute Gasteiger partial charge is 1.00 e. The fraction of sp³-hybridized carbons (Fsp3) is 0. The van der Waals surface area contributed by atoms with Crippen molar-refractivity contribution in [3.63, 3.8) is 0 Å². The molecule has 0 amide bonds. The first-order valence-electron chi connectivity index (χ1n) is 0.471. The topological polar surface area (TPSA) is 17.1 Å². The van der Waals surface area contributed by atoms with Gasteiger partial charge >= 0.3 is 53.2 Å². The monoisotopic (exact) mass is 82.0 g/mol. The molecule has 0 aliphatic carbocycles. The van der Waals surface area contributed by atoms with Crippen LogP contribution < -0.4 is 29.6 Å². The molecule has 0 saturated carbocycles. The van der Waals surface area contributed by atoms with Crippen LogP contribution in [0.25, 0.3) is 0 Å². The van der Waals surface area contributed by atoms with Gasteiger partial charge in [-0.05, 0) is 0 Å². The fourth-order valence-electron chi connectivity index (χ4n) is 0. The van der Waals surface area contributed by atoms with Crippen molar-refractivity contribution < 1.29 is 34.3 Å². The molecule has 0 fully saturated rings. The molecule has 0 saturated heterocycles. The summed E-state index contributed by atoms with van der Waals surface area (Å²) in [6.07, 6.45) is 0.333. The average Bonchev–Trinajstić information content (AvgIpc) is 0.918. The minimum atomic E-state index is 0. The SMILES string of the molecule is O=B[S-].[Na+]. The standard InChI is InChI=1S/BOS.Na/c2-1-3;/q-1;+1. The van der Waals surface area contributed by atoms with E-state index in [2.05, 4.69) is 12.5 Å². The second-order valence-electron chi connectivity index (χ2n) is 0.0962. The van der Waals surface area contributed by atoms with Gasteiger partial charge in [-0.2, -0.15) is 0 Å². The number of hydrogen-bond acceptors (Lipinski definition) is 2. The Labute approximate surface area is 53.0 Å². The van der Waals surface area contributed by atoms with Crippen molar-refractivity contribution in [3.05, 3.63) is 0 Å². The zero-order valence-electron chi connectivity index (χ0n) is 2.39. The average molecular weight is 81.9 g/mol. The predicted molar refractivity (Wildman–Crippen MR) is 13.8 cm³/mol. The Morgan fingerprint density at radius 2 is 1.75 bits per heavy atom. The third kappa shape index (κ3) is 11.4. The molecule has 0 aromatic rings. The third-order valence-corrected chi connectivity index (χ3v) is 0. The molecule has 0 aliphatic heterocycles. The first kappa shape index (κ1) is 8.92. The third-order valence-electron chi connectivity index (χ3n) is 0. The van der Waals surface area contributed by atoms with Crippen molar-refractivity contribution in [2.75, 3.05) is 0 Å². The summed E-state index contributed by atoms with van der Waals surface area (Å²) in [6.45, 7) is 0. The summed E-state index contributed by atoms with van der Waals surface area (Å²) >= 11 is 3.71. The molecule has 1 nitrogen and oxygen atoms in total. The van der Waals surface area contributed by atoms with E-state index in [-0.39, 0.29) is 29.6 Å². The fourth-order valence-corrected chi connectivity index (χ4v) is 0. The number of rotatable bonds is 0. The Balaban J connectivity index is 0. The van der Waals surface area contributed by atoms with Gasteiger partial charge in [-0.3, -0.25) is 0 Å². The van der Waals surface area contributed by atoms with Gasteiger partial charge in [0.1, 0.15) is 0 Å². The minimum absolute atomic E-state index is 0. The molecule has 0 aromatic carbocycles. The molecule has 0 aliphatic rings. The van der Waals surface area contributed by atoms with Gasteiger partial charge in [0.05, 0.1) is 0 Å². The summed E-state index contributed by atoms with van der Waals surface area (Å²) in [7, 11) is 0. The molecule has 0 N–H and O–H groups in total. The van der Waals surface area contributed by atoms with Gasteiger partial charge < -0.3 is 0 Å². The van der Waals surface area contributed by atoms with Crippen LogP contribution in [0.5, 0.6) is 0 Å². The van der Waals surface area contributed by atoms with Crippen LogP contribution in [0.2, 0.25) is 0 Å². The molecule has 0 rings (SSSR count). The van der Waals surface area contributed by atoms with Crippen molar-refractivity contribution in [1.82, 2.24) is 0 Å². The second-order valence-corrected chi connectivity index (χ2v) is 0.289. The van der Waals surface area contributed by atoms with Crippen molar-refractivity contribution >= 4 is 18.9 Å². The van der Waals surface area contributed by atoms with E-state index in [1.165, 1.54) is 0 Å². The normalized spacial score (nSPS) is 2.00. The first-order chi connectivity index (χ1) is 1.41. The van der Waals surface area contributed by atoms with Crippen molar-refractivity contribution in [3.8, 4) is 0 Å². The quantitative estimate of drug-likeness (QED) is 0.223. The summed E-state index contributed by atoms with van der Waals surface area (Å²) in [5.41, 5.74) is 0. The minimum Gasteiger partial charge on any atom is 1.00 e. The summed E-state index contributed by atoms with van der Waals surface area (Å²) in [5.74, 6) is 0. The zero-order valence-corrected chi connectivity index (χ0v) is 5.21. The van der Waals surface area contributed by atoms with E-state index >= 15 is 0 Å². The maximum Gasteiger partial charge on any atom is 1.00 e. The van der Waals surface area contributed by atoms with Gasteiger partial charge in [0.2, 0.25) is 0 Å². The van der Waals surface area contributed by atoms with E-state index in [1.54, 1.807) is 0 Å². The van der Waals surface area contributed by atoms with Crippen LogP contribution in [-0.4, -0.2) is 6.43 Å². The van der Waals surface area contributed by atoms with E-state index in [0.717, 1.165) is 0 Å². The van der Waals surface area contributed by atoms with Crippen LogP contribution in [0.4, 0.5) is 0 Å². The Morgan fingerprint density at radius 3 is 1.75 bits per heavy atom. The van der Waals surface area contributed by atoms with Gasteiger partial charge in [-0.15, -0.1) is 0 Å². The smallest absolute Gasteiger partial charge is 1.00 e. The van der Waals surface area contributed by atoms with Gasteiger partial charge in [-0.25, -0.2) is 0 Å². The summed E-state index contributed by atoms with van der Waals surface area (Å²) < 4.78 is 8.62. The molecule has 0 radical (unpaired) electrons. The van der Waals surface area contributed by atoms with Crippen LogP contribution in [0, 0.1) is 0 Å². The van der Waals surface area contributed by atoms with Crippen molar-refractivity contribution in [2.24, 2.45) is 0 Å². The van der Waals surface area contributed by atoms with Gasteiger partial charge in [0, 0.05) is 0 Å². The molecule has 0 spiro atoms. The molecule has 0 atom stereocenters. The Hall–Kier alpha value is 1.08. The summed E-state index contributed by atoms with van der Waals surface area (Å²) in [4.78, 5) is 0. The van der Waals surface area contributed by atoms with Crippen LogP contribution in [-0.2, 0) is 17.2 Å². The maximum absolute atomic E-state index is 8.62. The van der Waals surface area contributed by atoms with Crippen molar-refractivity contribution in [1.29, 1.82) is 0 Å². The molecule has 4 heavy (non-hydrogen) atoms. The zero-order chi connectivity index (χ0) is 2.71. The van der Waals surface area contributed by atoms with E-state index in [4.69, 9.17) is 4.70 Å². The molecule has 0 heterocycles. The molecule has 0 aromatic heterocycles. The molecule has 0 unspecified atom stereocenters.